The third kappa shape index (κ3) is 6.12. The summed E-state index contributed by atoms with van der Waals surface area (Å²) in [6.45, 7) is 8.45. The number of benzene rings is 1. The molecule has 2 rings (SSSR count). The largest absolute Gasteiger partial charge is 0.368 e. The van der Waals surface area contributed by atoms with Gasteiger partial charge in [-0.05, 0) is 30.2 Å². The molecule has 1 aliphatic heterocycles. The smallest absolute Gasteiger partial charge is 0.242 e. The van der Waals surface area contributed by atoms with Crippen molar-refractivity contribution in [1.82, 2.24) is 15.5 Å². The van der Waals surface area contributed by atoms with E-state index < -0.39 is 0 Å². The van der Waals surface area contributed by atoms with Gasteiger partial charge < -0.3 is 20.4 Å². The maximum atomic E-state index is 12.4. The van der Waals surface area contributed by atoms with E-state index in [-0.39, 0.29) is 12.5 Å². The SMILES string of the molecule is CN=C(NCC(=O)N1CCN(c2ccc(Cl)cc2)CC1)NCC(C)C. The number of rotatable bonds is 5. The van der Waals surface area contributed by atoms with Gasteiger partial charge >= 0.3 is 0 Å². The maximum absolute atomic E-state index is 12.4. The fraction of sp³-hybridized carbons (Fsp3) is 0.556. The molecule has 138 valence electrons. The number of hydrogen-bond acceptors (Lipinski definition) is 3. The lowest BCUT2D eigenvalue weighted by atomic mass is 10.2. The highest BCUT2D eigenvalue weighted by Crippen LogP contribution is 2.19. The van der Waals surface area contributed by atoms with Gasteiger partial charge in [-0.25, -0.2) is 0 Å². The van der Waals surface area contributed by atoms with Crippen molar-refractivity contribution >= 4 is 29.2 Å². The normalized spacial score (nSPS) is 15.5. The molecule has 1 amide bonds. The lowest BCUT2D eigenvalue weighted by Gasteiger charge is -2.36. The molecule has 0 aliphatic carbocycles. The quantitative estimate of drug-likeness (QED) is 0.617. The zero-order valence-corrected chi connectivity index (χ0v) is 16.0. The first-order chi connectivity index (χ1) is 12.0. The highest BCUT2D eigenvalue weighted by Gasteiger charge is 2.21. The van der Waals surface area contributed by atoms with Crippen LogP contribution in [-0.2, 0) is 4.79 Å². The summed E-state index contributed by atoms with van der Waals surface area (Å²) in [5, 5.41) is 7.04. The number of nitrogens with one attached hydrogen (secondary N) is 2. The molecular formula is C18H28ClN5O. The van der Waals surface area contributed by atoms with Crippen molar-refractivity contribution in [1.29, 1.82) is 0 Å². The van der Waals surface area contributed by atoms with Crippen molar-refractivity contribution in [3.63, 3.8) is 0 Å². The first-order valence-electron chi connectivity index (χ1n) is 8.72. The molecular weight excluding hydrogens is 338 g/mol. The van der Waals surface area contributed by atoms with Crippen LogP contribution in [0.2, 0.25) is 5.02 Å². The molecule has 1 aromatic carbocycles. The minimum Gasteiger partial charge on any atom is -0.368 e. The molecule has 0 spiro atoms. The van der Waals surface area contributed by atoms with Crippen LogP contribution in [0.25, 0.3) is 0 Å². The summed E-state index contributed by atoms with van der Waals surface area (Å²) in [6, 6.07) is 7.83. The second-order valence-corrected chi connectivity index (χ2v) is 6.98. The van der Waals surface area contributed by atoms with E-state index in [0.717, 1.165) is 43.4 Å². The van der Waals surface area contributed by atoms with Gasteiger partial charge in [-0.2, -0.15) is 0 Å². The van der Waals surface area contributed by atoms with Crippen molar-refractivity contribution in [2.75, 3.05) is 51.2 Å². The van der Waals surface area contributed by atoms with Gasteiger partial charge in [-0.15, -0.1) is 0 Å². The minimum absolute atomic E-state index is 0.100. The Balaban J connectivity index is 1.76. The first kappa shape index (κ1) is 19.4. The van der Waals surface area contributed by atoms with Gasteiger partial charge in [0.15, 0.2) is 5.96 Å². The zero-order chi connectivity index (χ0) is 18.2. The molecule has 0 aromatic heterocycles. The molecule has 0 bridgehead atoms. The molecule has 1 saturated heterocycles. The molecule has 6 nitrogen and oxygen atoms in total. The van der Waals surface area contributed by atoms with E-state index in [9.17, 15) is 4.79 Å². The van der Waals surface area contributed by atoms with Crippen LogP contribution in [0.15, 0.2) is 29.3 Å². The van der Waals surface area contributed by atoms with E-state index in [2.05, 4.69) is 34.4 Å². The second-order valence-electron chi connectivity index (χ2n) is 6.54. The number of carbonyl (C=O) groups is 1. The van der Waals surface area contributed by atoms with Crippen LogP contribution in [-0.4, -0.2) is 63.1 Å². The molecule has 0 saturated carbocycles. The monoisotopic (exact) mass is 365 g/mol. The molecule has 0 radical (unpaired) electrons. The van der Waals surface area contributed by atoms with E-state index in [4.69, 9.17) is 11.6 Å². The Bertz CT molecular complexity index is 580. The van der Waals surface area contributed by atoms with Gasteiger partial charge in [0.05, 0.1) is 6.54 Å². The number of anilines is 1. The third-order valence-electron chi connectivity index (χ3n) is 4.13. The lowest BCUT2D eigenvalue weighted by molar-refractivity contribution is -0.130. The van der Waals surface area contributed by atoms with Crippen LogP contribution < -0.4 is 15.5 Å². The predicted octanol–water partition coefficient (Wildman–Crippen LogP) is 1.81. The summed E-state index contributed by atoms with van der Waals surface area (Å²) >= 11 is 5.93. The van der Waals surface area contributed by atoms with E-state index >= 15 is 0 Å². The number of amides is 1. The van der Waals surface area contributed by atoms with Gasteiger partial charge in [0.2, 0.25) is 5.91 Å². The van der Waals surface area contributed by atoms with Gasteiger partial charge in [0, 0.05) is 50.5 Å². The Labute approximate surface area is 155 Å². The summed E-state index contributed by atoms with van der Waals surface area (Å²) in [5.41, 5.74) is 1.15. The van der Waals surface area contributed by atoms with Crippen LogP contribution in [0.5, 0.6) is 0 Å². The molecule has 0 unspecified atom stereocenters. The molecule has 1 aliphatic rings. The average molecular weight is 366 g/mol. The number of hydrogen-bond donors (Lipinski definition) is 2. The van der Waals surface area contributed by atoms with Gasteiger partial charge in [-0.3, -0.25) is 9.79 Å². The summed E-state index contributed by atoms with van der Waals surface area (Å²) in [4.78, 5) is 20.7. The number of carbonyl (C=O) groups excluding carboxylic acids is 1. The van der Waals surface area contributed by atoms with E-state index in [0.29, 0.717) is 11.9 Å². The highest BCUT2D eigenvalue weighted by atomic mass is 35.5. The van der Waals surface area contributed by atoms with Crippen molar-refractivity contribution < 1.29 is 4.79 Å². The number of nitrogens with zero attached hydrogens (tertiary/aromatic N) is 3. The van der Waals surface area contributed by atoms with Crippen LogP contribution in [0.3, 0.4) is 0 Å². The van der Waals surface area contributed by atoms with Crippen LogP contribution in [0.1, 0.15) is 13.8 Å². The highest BCUT2D eigenvalue weighted by molar-refractivity contribution is 6.30. The Morgan fingerprint density at radius 1 is 1.16 bits per heavy atom. The van der Waals surface area contributed by atoms with Crippen molar-refractivity contribution in [3.8, 4) is 0 Å². The fourth-order valence-corrected chi connectivity index (χ4v) is 2.78. The number of guanidine groups is 1. The van der Waals surface area contributed by atoms with Crippen LogP contribution in [0, 0.1) is 5.92 Å². The van der Waals surface area contributed by atoms with Crippen molar-refractivity contribution in [2.24, 2.45) is 10.9 Å². The summed E-state index contributed by atoms with van der Waals surface area (Å²) in [5.74, 6) is 1.29. The van der Waals surface area contributed by atoms with Crippen LogP contribution in [0.4, 0.5) is 5.69 Å². The summed E-state index contributed by atoms with van der Waals surface area (Å²) in [7, 11) is 1.71. The molecule has 25 heavy (non-hydrogen) atoms. The van der Waals surface area contributed by atoms with Gasteiger partial charge in [-0.1, -0.05) is 25.4 Å². The zero-order valence-electron chi connectivity index (χ0n) is 15.3. The average Bonchev–Trinajstić information content (AvgIpc) is 2.62. The Morgan fingerprint density at radius 3 is 2.36 bits per heavy atom. The third-order valence-corrected chi connectivity index (χ3v) is 4.38. The maximum Gasteiger partial charge on any atom is 0.242 e. The molecule has 2 N–H and O–H groups in total. The number of halogens is 1. The number of aliphatic imine (C=N–C) groups is 1. The van der Waals surface area contributed by atoms with Crippen molar-refractivity contribution in [3.05, 3.63) is 29.3 Å². The van der Waals surface area contributed by atoms with E-state index in [1.165, 1.54) is 0 Å². The minimum atomic E-state index is 0.100. The first-order valence-corrected chi connectivity index (χ1v) is 9.10. The standard InChI is InChI=1S/C18H28ClN5O/c1-14(2)12-21-18(20-3)22-13-17(25)24-10-8-23(9-11-24)16-6-4-15(19)5-7-16/h4-7,14H,8-13H2,1-3H3,(H2,20,21,22). The van der Waals surface area contributed by atoms with E-state index in [1.807, 2.05) is 29.2 Å². The molecule has 1 aromatic rings. The molecule has 1 fully saturated rings. The predicted molar refractivity (Wildman–Crippen MR) is 104 cm³/mol. The molecule has 7 heteroatoms. The van der Waals surface area contributed by atoms with Crippen molar-refractivity contribution in [2.45, 2.75) is 13.8 Å². The molecule has 1 heterocycles. The van der Waals surface area contributed by atoms with Gasteiger partial charge in [0.1, 0.15) is 0 Å². The van der Waals surface area contributed by atoms with Gasteiger partial charge in [0.25, 0.3) is 0 Å². The van der Waals surface area contributed by atoms with Crippen LogP contribution >= 0.6 is 11.6 Å². The lowest BCUT2D eigenvalue weighted by Crippen LogP contribution is -2.52. The van der Waals surface area contributed by atoms with E-state index in [1.54, 1.807) is 7.05 Å². The Hall–Kier alpha value is -1.95. The number of piperazine rings is 1. The summed E-state index contributed by atoms with van der Waals surface area (Å²) in [6.07, 6.45) is 0. The Morgan fingerprint density at radius 2 is 1.80 bits per heavy atom. The topological polar surface area (TPSA) is 60.0 Å². The Kier molecular flexibility index (Phi) is 7.37. The fourth-order valence-electron chi connectivity index (χ4n) is 2.66. The summed E-state index contributed by atoms with van der Waals surface area (Å²) < 4.78 is 0. The molecule has 0 atom stereocenters. The second kappa shape index (κ2) is 9.51.